The van der Waals surface area contributed by atoms with E-state index < -0.39 is 0 Å². The molecule has 1 saturated heterocycles. The van der Waals surface area contributed by atoms with Gasteiger partial charge in [0.2, 0.25) is 0 Å². The summed E-state index contributed by atoms with van der Waals surface area (Å²) in [5.41, 5.74) is 5.49. The fourth-order valence-electron chi connectivity index (χ4n) is 5.47. The smallest absolute Gasteiger partial charge is 0.128 e. The molecule has 0 unspecified atom stereocenters. The fraction of sp³-hybridized carbons (Fsp3) is 0.370. The molecule has 0 amide bonds. The molecule has 33 heavy (non-hydrogen) atoms. The van der Waals surface area contributed by atoms with Crippen LogP contribution in [0.5, 0.6) is 5.75 Å². The summed E-state index contributed by atoms with van der Waals surface area (Å²) in [7, 11) is 2.18. The van der Waals surface area contributed by atoms with Gasteiger partial charge in [-0.05, 0) is 68.8 Å². The van der Waals surface area contributed by atoms with E-state index in [0.29, 0.717) is 11.6 Å². The molecule has 2 aliphatic heterocycles. The molecule has 0 aliphatic carbocycles. The number of anilines is 1. The van der Waals surface area contributed by atoms with Crippen LogP contribution in [0, 0.1) is 5.82 Å². The second-order valence-electron chi connectivity index (χ2n) is 9.16. The van der Waals surface area contributed by atoms with E-state index in [4.69, 9.17) is 21.3 Å². The van der Waals surface area contributed by atoms with Crippen molar-refractivity contribution in [1.82, 2.24) is 9.88 Å². The van der Waals surface area contributed by atoms with Gasteiger partial charge in [-0.25, -0.2) is 4.39 Å². The molecule has 1 fully saturated rings. The number of nitrogens with zero attached hydrogens (tertiary/aromatic N) is 3. The molecule has 3 aromatic rings. The predicted octanol–water partition coefficient (Wildman–Crippen LogP) is 5.92. The first-order chi connectivity index (χ1) is 16.0. The van der Waals surface area contributed by atoms with Crippen LogP contribution < -0.4 is 9.64 Å². The summed E-state index contributed by atoms with van der Waals surface area (Å²) in [6, 6.07) is 17.2. The van der Waals surface area contributed by atoms with Crippen molar-refractivity contribution in [1.29, 1.82) is 0 Å². The molecule has 1 aromatic heterocycles. The van der Waals surface area contributed by atoms with Gasteiger partial charge in [0.15, 0.2) is 0 Å². The lowest BCUT2D eigenvalue weighted by atomic mass is 9.70. The molecular formula is C27H29ClFN3O. The largest absolute Gasteiger partial charge is 0.493 e. The van der Waals surface area contributed by atoms with E-state index in [0.717, 1.165) is 67.4 Å². The van der Waals surface area contributed by atoms with Crippen LogP contribution in [0.3, 0.4) is 0 Å². The Kier molecular flexibility index (Phi) is 6.02. The van der Waals surface area contributed by atoms with Gasteiger partial charge >= 0.3 is 0 Å². The summed E-state index contributed by atoms with van der Waals surface area (Å²) < 4.78 is 19.4. The highest BCUT2D eigenvalue weighted by Gasteiger charge is 2.42. The molecule has 0 bridgehead atoms. The highest BCUT2D eigenvalue weighted by atomic mass is 35.5. The molecule has 2 aromatic carbocycles. The number of pyridine rings is 1. The van der Waals surface area contributed by atoms with Crippen LogP contribution in [0.4, 0.5) is 10.1 Å². The van der Waals surface area contributed by atoms with Crippen LogP contribution >= 0.6 is 11.6 Å². The second-order valence-corrected chi connectivity index (χ2v) is 9.56. The summed E-state index contributed by atoms with van der Waals surface area (Å²) in [5, 5.41) is 0.478. The number of rotatable bonds is 4. The van der Waals surface area contributed by atoms with Gasteiger partial charge in [0, 0.05) is 37.2 Å². The van der Waals surface area contributed by atoms with Crippen LogP contribution in [0.25, 0.3) is 11.3 Å². The third-order valence-corrected chi connectivity index (χ3v) is 7.27. The molecule has 172 valence electrons. The highest BCUT2D eigenvalue weighted by Crippen LogP contribution is 2.43. The van der Waals surface area contributed by atoms with Gasteiger partial charge in [-0.2, -0.15) is 0 Å². The zero-order valence-electron chi connectivity index (χ0n) is 19.2. The van der Waals surface area contributed by atoms with E-state index in [9.17, 15) is 4.39 Å². The van der Waals surface area contributed by atoms with Gasteiger partial charge in [0.25, 0.3) is 0 Å². The monoisotopic (exact) mass is 465 g/mol. The van der Waals surface area contributed by atoms with Crippen LogP contribution in [0.15, 0.2) is 54.6 Å². The Labute approximate surface area is 200 Å². The van der Waals surface area contributed by atoms with Crippen molar-refractivity contribution in [2.24, 2.45) is 0 Å². The van der Waals surface area contributed by atoms with Gasteiger partial charge in [-0.1, -0.05) is 29.8 Å². The van der Waals surface area contributed by atoms with E-state index in [2.05, 4.69) is 35.0 Å². The van der Waals surface area contributed by atoms with Crippen molar-refractivity contribution >= 4 is 17.3 Å². The maximum atomic E-state index is 13.5. The summed E-state index contributed by atoms with van der Waals surface area (Å²) in [6.45, 7) is 6.25. The first-order valence-corrected chi connectivity index (χ1v) is 12.0. The van der Waals surface area contributed by atoms with Gasteiger partial charge in [-0.3, -0.25) is 9.88 Å². The molecular weight excluding hydrogens is 437 g/mol. The van der Waals surface area contributed by atoms with Crippen LogP contribution in [0.1, 0.15) is 31.0 Å². The van der Waals surface area contributed by atoms with E-state index in [1.807, 2.05) is 25.1 Å². The number of para-hydroxylation sites is 1. The Morgan fingerprint density at radius 2 is 1.88 bits per heavy atom. The number of ether oxygens (including phenoxy) is 1. The number of fused-ring (bicyclic) bond motifs is 2. The van der Waals surface area contributed by atoms with E-state index in [1.54, 1.807) is 6.07 Å². The lowest BCUT2D eigenvalue weighted by Crippen LogP contribution is -2.51. The fourth-order valence-corrected chi connectivity index (χ4v) is 5.76. The van der Waals surface area contributed by atoms with Crippen molar-refractivity contribution in [3.05, 3.63) is 76.7 Å². The Balaban J connectivity index is 1.44. The molecule has 1 spiro atoms. The number of piperidine rings is 1. The highest BCUT2D eigenvalue weighted by molar-refractivity contribution is 6.33. The molecule has 4 nitrogen and oxygen atoms in total. The summed E-state index contributed by atoms with van der Waals surface area (Å²) in [5.74, 6) is 0.573. The first-order valence-electron chi connectivity index (χ1n) is 11.6. The zero-order chi connectivity index (χ0) is 23.0. The van der Waals surface area contributed by atoms with Crippen molar-refractivity contribution < 1.29 is 9.13 Å². The molecule has 2 aliphatic rings. The Morgan fingerprint density at radius 3 is 2.64 bits per heavy atom. The lowest BCUT2D eigenvalue weighted by Gasteiger charge is -2.48. The number of hydrogen-bond donors (Lipinski definition) is 0. The van der Waals surface area contributed by atoms with Crippen molar-refractivity contribution in [2.45, 2.75) is 31.7 Å². The molecule has 5 rings (SSSR count). The molecule has 0 atom stereocenters. The summed E-state index contributed by atoms with van der Waals surface area (Å²) >= 11 is 6.35. The minimum absolute atomic E-state index is 0.0658. The first kappa shape index (κ1) is 22.2. The Morgan fingerprint density at radius 1 is 1.09 bits per heavy atom. The van der Waals surface area contributed by atoms with Crippen molar-refractivity contribution in [3.63, 3.8) is 0 Å². The Bertz CT molecular complexity index is 1160. The molecule has 3 heterocycles. The number of aromatic nitrogens is 1. The zero-order valence-corrected chi connectivity index (χ0v) is 19.9. The number of benzene rings is 2. The SMILES string of the molecule is CCOc1ccccc1-c1ccc2c(n1)CN(C)CC21CCN(c2ccc(F)cc2Cl)CC1. The quantitative estimate of drug-likeness (QED) is 0.478. The minimum Gasteiger partial charge on any atom is -0.493 e. The average Bonchev–Trinajstić information content (AvgIpc) is 2.80. The third-order valence-electron chi connectivity index (χ3n) is 6.97. The predicted molar refractivity (Wildman–Crippen MR) is 132 cm³/mol. The van der Waals surface area contributed by atoms with Crippen molar-refractivity contribution in [2.75, 3.05) is 38.2 Å². The maximum absolute atomic E-state index is 13.5. The molecule has 6 heteroatoms. The third kappa shape index (κ3) is 4.20. The minimum atomic E-state index is -0.298. The molecule has 0 saturated carbocycles. The average molecular weight is 466 g/mol. The van der Waals surface area contributed by atoms with Gasteiger partial charge in [-0.15, -0.1) is 0 Å². The number of halogens is 2. The van der Waals surface area contributed by atoms with Gasteiger partial charge in [0.05, 0.1) is 28.7 Å². The summed E-state index contributed by atoms with van der Waals surface area (Å²) in [4.78, 5) is 9.79. The second kappa shape index (κ2) is 8.96. The molecule has 0 radical (unpaired) electrons. The number of hydrogen-bond acceptors (Lipinski definition) is 4. The van der Waals surface area contributed by atoms with Crippen molar-refractivity contribution in [3.8, 4) is 17.0 Å². The van der Waals surface area contributed by atoms with E-state index >= 15 is 0 Å². The van der Waals surface area contributed by atoms with Crippen LogP contribution in [-0.4, -0.2) is 43.2 Å². The van der Waals surface area contributed by atoms with Gasteiger partial charge < -0.3 is 9.64 Å². The number of likely N-dealkylation sites (N-methyl/N-ethyl adjacent to an activating group) is 1. The standard InChI is InChI=1S/C27H29ClFN3O/c1-3-33-26-7-5-4-6-20(26)23-10-9-21-24(30-23)17-31(2)18-27(21)12-14-32(15-13-27)25-11-8-19(29)16-22(25)28/h4-11,16H,3,12-15,17-18H2,1-2H3. The lowest BCUT2D eigenvalue weighted by molar-refractivity contribution is 0.178. The summed E-state index contributed by atoms with van der Waals surface area (Å²) in [6.07, 6.45) is 2.02. The normalized spacial score (nSPS) is 17.8. The molecule has 0 N–H and O–H groups in total. The Hall–Kier alpha value is -2.63. The topological polar surface area (TPSA) is 28.6 Å². The van der Waals surface area contributed by atoms with Crippen LogP contribution in [-0.2, 0) is 12.0 Å². The van der Waals surface area contributed by atoms with Gasteiger partial charge in [0.1, 0.15) is 11.6 Å². The van der Waals surface area contributed by atoms with E-state index in [-0.39, 0.29) is 11.2 Å². The van der Waals surface area contributed by atoms with E-state index in [1.165, 1.54) is 17.7 Å². The van der Waals surface area contributed by atoms with Crippen LogP contribution in [0.2, 0.25) is 5.02 Å². The maximum Gasteiger partial charge on any atom is 0.128 e.